The maximum atomic E-state index is 11.9. The number of fused-ring (bicyclic) bond motifs is 1. The van der Waals surface area contributed by atoms with Crippen molar-refractivity contribution in [3.05, 3.63) is 34.9 Å². The van der Waals surface area contributed by atoms with E-state index in [-0.39, 0.29) is 6.61 Å². The highest BCUT2D eigenvalue weighted by atomic mass is 32.2. The summed E-state index contributed by atoms with van der Waals surface area (Å²) in [5, 5.41) is 9.31. The fourth-order valence-electron chi connectivity index (χ4n) is 2.00. The molecule has 0 radical (unpaired) electrons. The molecule has 0 unspecified atom stereocenters. The van der Waals surface area contributed by atoms with E-state index in [1.807, 2.05) is 0 Å². The third-order valence-corrected chi connectivity index (χ3v) is 2.94. The lowest BCUT2D eigenvalue weighted by atomic mass is 10.1. The summed E-state index contributed by atoms with van der Waals surface area (Å²) in [6.45, 7) is 0.234. The van der Waals surface area contributed by atoms with Gasteiger partial charge in [-0.25, -0.2) is 4.79 Å². The number of para-hydroxylation sites is 1. The molecule has 26 heavy (non-hydrogen) atoms. The standard InChI is InChI=1S/C14H15N3O4.CH4O3S/c1-20-13(19)10-4-2-3-8-7-9(5-6-21-11(8)10)12(18)17-14(15)16;1-5(2,3)4/h2-4,7H,5-6H2,1H3,(H4,15,16,17,18);1H3,(H,2,3,4). The van der Waals surface area contributed by atoms with E-state index in [0.717, 1.165) is 0 Å². The van der Waals surface area contributed by atoms with Gasteiger partial charge in [0.2, 0.25) is 0 Å². The average Bonchev–Trinajstić information content (AvgIpc) is 2.74. The molecule has 0 spiro atoms. The molecule has 0 saturated heterocycles. The lowest BCUT2D eigenvalue weighted by molar-refractivity contribution is -0.116. The van der Waals surface area contributed by atoms with Crippen molar-refractivity contribution >= 4 is 34.0 Å². The summed E-state index contributed by atoms with van der Waals surface area (Å²) in [4.78, 5) is 23.6. The van der Waals surface area contributed by atoms with Crippen LogP contribution in [0.5, 0.6) is 5.75 Å². The predicted octanol–water partition coefficient (Wildman–Crippen LogP) is 0.153. The van der Waals surface area contributed by atoms with Gasteiger partial charge in [-0.1, -0.05) is 12.1 Å². The van der Waals surface area contributed by atoms with Gasteiger partial charge in [-0.15, -0.1) is 0 Å². The third kappa shape index (κ3) is 6.91. The summed E-state index contributed by atoms with van der Waals surface area (Å²) in [6, 6.07) is 5.00. The topological polar surface area (TPSA) is 169 Å². The Morgan fingerprint density at radius 2 is 2.00 bits per heavy atom. The van der Waals surface area contributed by atoms with Crippen LogP contribution >= 0.6 is 0 Å². The van der Waals surface area contributed by atoms with Gasteiger partial charge in [-0.3, -0.25) is 20.1 Å². The number of methoxy groups -OCH3 is 1. The molecular weight excluding hydrogens is 366 g/mol. The number of hydrogen-bond acceptors (Lipinski definition) is 7. The smallest absolute Gasteiger partial charge is 0.341 e. The first-order chi connectivity index (χ1) is 12.0. The summed E-state index contributed by atoms with van der Waals surface area (Å²) in [6.07, 6.45) is 2.68. The molecule has 1 heterocycles. The van der Waals surface area contributed by atoms with Crippen molar-refractivity contribution in [2.45, 2.75) is 6.42 Å². The molecule has 1 aliphatic rings. The molecule has 1 amide bonds. The second-order valence-electron chi connectivity index (χ2n) is 5.08. The predicted molar refractivity (Wildman–Crippen MR) is 93.4 cm³/mol. The van der Waals surface area contributed by atoms with Gasteiger partial charge < -0.3 is 15.2 Å². The van der Waals surface area contributed by atoms with E-state index < -0.39 is 28.0 Å². The van der Waals surface area contributed by atoms with Gasteiger partial charge in [0.25, 0.3) is 16.0 Å². The van der Waals surface area contributed by atoms with Gasteiger partial charge in [0.05, 0.1) is 20.0 Å². The summed E-state index contributed by atoms with van der Waals surface area (Å²) in [5.41, 5.74) is 6.48. The molecule has 142 valence electrons. The highest BCUT2D eigenvalue weighted by Gasteiger charge is 2.21. The molecule has 2 rings (SSSR count). The van der Waals surface area contributed by atoms with Crippen molar-refractivity contribution in [2.75, 3.05) is 20.0 Å². The Bertz CT molecular complexity index is 839. The van der Waals surface area contributed by atoms with Crippen molar-refractivity contribution in [3.63, 3.8) is 0 Å². The number of hydrogen-bond donors (Lipinski definition) is 4. The molecule has 10 nitrogen and oxygen atoms in total. The van der Waals surface area contributed by atoms with E-state index in [0.29, 0.717) is 35.1 Å². The van der Waals surface area contributed by atoms with Crippen LogP contribution in [-0.2, 0) is 19.6 Å². The monoisotopic (exact) mass is 385 g/mol. The second-order valence-corrected chi connectivity index (χ2v) is 6.55. The van der Waals surface area contributed by atoms with Crippen LogP contribution in [0.2, 0.25) is 0 Å². The van der Waals surface area contributed by atoms with E-state index in [2.05, 4.69) is 5.32 Å². The highest BCUT2D eigenvalue weighted by Crippen LogP contribution is 2.30. The van der Waals surface area contributed by atoms with Crippen molar-refractivity contribution in [1.29, 1.82) is 5.41 Å². The third-order valence-electron chi connectivity index (χ3n) is 2.94. The lowest BCUT2D eigenvalue weighted by Crippen LogP contribution is -2.36. The molecule has 0 bridgehead atoms. The van der Waals surface area contributed by atoms with Gasteiger partial charge in [0.15, 0.2) is 5.96 Å². The van der Waals surface area contributed by atoms with Crippen molar-refractivity contribution < 1.29 is 32.0 Å². The van der Waals surface area contributed by atoms with Gasteiger partial charge in [-0.2, -0.15) is 8.42 Å². The van der Waals surface area contributed by atoms with Crippen LogP contribution < -0.4 is 15.8 Å². The summed E-state index contributed by atoms with van der Waals surface area (Å²) in [7, 11) is -2.37. The number of nitrogens with one attached hydrogen (secondary N) is 2. The van der Waals surface area contributed by atoms with E-state index in [1.165, 1.54) is 7.11 Å². The number of ether oxygens (including phenoxy) is 2. The first kappa shape index (κ1) is 21.1. The minimum atomic E-state index is -3.67. The molecule has 0 atom stereocenters. The van der Waals surface area contributed by atoms with Crippen LogP contribution in [0.4, 0.5) is 0 Å². The lowest BCUT2D eigenvalue weighted by Gasteiger charge is -2.10. The van der Waals surface area contributed by atoms with Crippen LogP contribution in [0.25, 0.3) is 6.08 Å². The number of carbonyl (C=O) groups is 2. The summed E-state index contributed by atoms with van der Waals surface area (Å²) < 4.78 is 36.1. The fraction of sp³-hybridized carbons (Fsp3) is 0.267. The number of rotatable bonds is 2. The van der Waals surface area contributed by atoms with Crippen LogP contribution in [0, 0.1) is 5.41 Å². The number of carbonyl (C=O) groups excluding carboxylic acids is 2. The normalized spacial score (nSPS) is 12.8. The van der Waals surface area contributed by atoms with E-state index in [4.69, 9.17) is 25.2 Å². The zero-order valence-electron chi connectivity index (χ0n) is 14.1. The second kappa shape index (κ2) is 8.97. The SMILES string of the molecule is COC(=O)c1cccc2c1OCCC(C(=O)NC(=N)N)=C2.CS(=O)(=O)O. The quantitative estimate of drug-likeness (QED) is 0.241. The van der Waals surface area contributed by atoms with Crippen molar-refractivity contribution in [1.82, 2.24) is 5.32 Å². The Kier molecular flexibility index (Phi) is 7.28. The molecule has 1 aromatic carbocycles. The highest BCUT2D eigenvalue weighted by molar-refractivity contribution is 7.85. The Labute approximate surface area is 150 Å². The first-order valence-electron chi connectivity index (χ1n) is 7.15. The van der Waals surface area contributed by atoms with Crippen LogP contribution in [0.1, 0.15) is 22.3 Å². The molecule has 0 saturated carbocycles. The Morgan fingerprint density at radius 3 is 2.54 bits per heavy atom. The molecule has 0 aliphatic carbocycles. The van der Waals surface area contributed by atoms with Crippen molar-refractivity contribution in [2.24, 2.45) is 5.73 Å². The van der Waals surface area contributed by atoms with Crippen LogP contribution in [-0.4, -0.2) is 50.8 Å². The van der Waals surface area contributed by atoms with Gasteiger partial charge >= 0.3 is 5.97 Å². The minimum Gasteiger partial charge on any atom is -0.492 e. The van der Waals surface area contributed by atoms with E-state index >= 15 is 0 Å². The summed E-state index contributed by atoms with van der Waals surface area (Å²) >= 11 is 0. The van der Waals surface area contributed by atoms with Crippen LogP contribution in [0.15, 0.2) is 23.8 Å². The minimum absolute atomic E-state index is 0.234. The molecule has 0 aromatic heterocycles. The molecule has 1 aromatic rings. The molecule has 1 aliphatic heterocycles. The van der Waals surface area contributed by atoms with Gasteiger partial charge in [-0.05, 0) is 12.1 Å². The van der Waals surface area contributed by atoms with Gasteiger partial charge in [0.1, 0.15) is 11.3 Å². The zero-order chi connectivity index (χ0) is 19.9. The Hall–Kier alpha value is -2.92. The molecular formula is C15H19N3O7S. The first-order valence-corrected chi connectivity index (χ1v) is 9.00. The van der Waals surface area contributed by atoms with E-state index in [1.54, 1.807) is 24.3 Å². The number of benzene rings is 1. The number of nitrogens with two attached hydrogens (primary N) is 1. The average molecular weight is 385 g/mol. The van der Waals surface area contributed by atoms with Gasteiger partial charge in [0, 0.05) is 17.6 Å². The number of amides is 1. The maximum absolute atomic E-state index is 11.9. The molecule has 11 heteroatoms. The Balaban J connectivity index is 0.000000597. The zero-order valence-corrected chi connectivity index (χ0v) is 14.9. The van der Waals surface area contributed by atoms with Crippen LogP contribution in [0.3, 0.4) is 0 Å². The Morgan fingerprint density at radius 1 is 1.38 bits per heavy atom. The number of guanidine groups is 1. The maximum Gasteiger partial charge on any atom is 0.341 e. The van der Waals surface area contributed by atoms with Crippen molar-refractivity contribution in [3.8, 4) is 5.75 Å². The fourth-order valence-corrected chi connectivity index (χ4v) is 2.00. The summed E-state index contributed by atoms with van der Waals surface area (Å²) in [5.74, 6) is -0.996. The number of esters is 1. The largest absolute Gasteiger partial charge is 0.492 e. The van der Waals surface area contributed by atoms with E-state index in [9.17, 15) is 18.0 Å². The molecule has 5 N–H and O–H groups in total. The molecule has 0 fully saturated rings.